The highest BCUT2D eigenvalue weighted by molar-refractivity contribution is 7.89. The molecule has 2 aromatic rings. The maximum Gasteiger partial charge on any atom is 0.251 e. The number of hydrogen-bond acceptors (Lipinski definition) is 5. The summed E-state index contributed by atoms with van der Waals surface area (Å²) < 4.78 is 38.2. The molecular weight excluding hydrogens is 404 g/mol. The van der Waals surface area contributed by atoms with E-state index in [0.717, 1.165) is 12.0 Å². The fraction of sp³-hybridized carbons (Fsp3) is 0.409. The summed E-state index contributed by atoms with van der Waals surface area (Å²) in [5.41, 5.74) is 1.24. The zero-order chi connectivity index (χ0) is 22.1. The highest BCUT2D eigenvalue weighted by atomic mass is 32.2. The number of carbonyl (C=O) groups is 1. The molecule has 1 atom stereocenters. The van der Waals surface area contributed by atoms with E-state index < -0.39 is 10.0 Å². The Bertz CT molecular complexity index is 943. The number of hydrogen-bond donors (Lipinski definition) is 2. The number of methoxy groups -OCH3 is 1. The minimum absolute atomic E-state index is 0.131. The summed E-state index contributed by atoms with van der Waals surface area (Å²) in [6, 6.07) is 11.2. The van der Waals surface area contributed by atoms with Crippen molar-refractivity contribution in [2.45, 2.75) is 51.1 Å². The largest absolute Gasteiger partial charge is 0.493 e. The average molecular weight is 435 g/mol. The Morgan fingerprint density at radius 1 is 1.07 bits per heavy atom. The van der Waals surface area contributed by atoms with E-state index in [-0.39, 0.29) is 16.8 Å². The smallest absolute Gasteiger partial charge is 0.251 e. The number of sulfonamides is 1. The van der Waals surface area contributed by atoms with E-state index in [4.69, 9.17) is 9.47 Å². The summed E-state index contributed by atoms with van der Waals surface area (Å²) in [4.78, 5) is 12.6. The summed E-state index contributed by atoms with van der Waals surface area (Å²) in [6.45, 7) is 6.64. The first kappa shape index (κ1) is 23.7. The minimum Gasteiger partial charge on any atom is -0.493 e. The summed E-state index contributed by atoms with van der Waals surface area (Å²) >= 11 is 0. The third-order valence-electron chi connectivity index (χ3n) is 4.54. The molecule has 0 aromatic heterocycles. The highest BCUT2D eigenvalue weighted by Gasteiger charge is 2.17. The van der Waals surface area contributed by atoms with Gasteiger partial charge in [0.1, 0.15) is 0 Å². The Morgan fingerprint density at radius 2 is 1.77 bits per heavy atom. The Balaban J connectivity index is 2.01. The molecule has 2 rings (SSSR count). The summed E-state index contributed by atoms with van der Waals surface area (Å²) in [7, 11) is -2.02. The van der Waals surface area contributed by atoms with Crippen LogP contribution in [0.25, 0.3) is 0 Å². The quantitative estimate of drug-likeness (QED) is 0.565. The molecule has 2 aromatic carbocycles. The maximum absolute atomic E-state index is 12.4. The van der Waals surface area contributed by atoms with Crippen molar-refractivity contribution in [3.05, 3.63) is 53.6 Å². The van der Waals surface area contributed by atoms with Crippen LogP contribution in [0.1, 0.15) is 49.5 Å². The van der Waals surface area contributed by atoms with E-state index in [9.17, 15) is 13.2 Å². The fourth-order valence-corrected chi connectivity index (χ4v) is 3.97. The zero-order valence-electron chi connectivity index (χ0n) is 17.9. The van der Waals surface area contributed by atoms with Gasteiger partial charge in [0.15, 0.2) is 11.5 Å². The topological polar surface area (TPSA) is 93.7 Å². The van der Waals surface area contributed by atoms with Gasteiger partial charge in [0.05, 0.1) is 18.6 Å². The van der Waals surface area contributed by atoms with Crippen LogP contribution in [0, 0.1) is 0 Å². The molecule has 8 heteroatoms. The van der Waals surface area contributed by atoms with Crippen molar-refractivity contribution in [2.75, 3.05) is 13.7 Å². The average Bonchev–Trinajstić information content (AvgIpc) is 2.75. The van der Waals surface area contributed by atoms with Crippen LogP contribution < -0.4 is 19.5 Å². The van der Waals surface area contributed by atoms with E-state index in [1.54, 1.807) is 14.0 Å². The van der Waals surface area contributed by atoms with Gasteiger partial charge in [-0.3, -0.25) is 4.79 Å². The lowest BCUT2D eigenvalue weighted by atomic mass is 10.1. The SMILES string of the molecule is CCCOc1ccc(CNC(=O)c2ccc(S(=O)(=O)NC(C)CC)cc2)cc1OC. The van der Waals surface area contributed by atoms with Crippen LogP contribution in [0.15, 0.2) is 47.4 Å². The lowest BCUT2D eigenvalue weighted by Crippen LogP contribution is -2.32. The second kappa shape index (κ2) is 11.0. The van der Waals surface area contributed by atoms with Crippen LogP contribution in [-0.2, 0) is 16.6 Å². The first-order valence-electron chi connectivity index (χ1n) is 10.0. The summed E-state index contributed by atoms with van der Waals surface area (Å²) in [6.07, 6.45) is 1.59. The van der Waals surface area contributed by atoms with E-state index in [1.165, 1.54) is 24.3 Å². The molecule has 30 heavy (non-hydrogen) atoms. The van der Waals surface area contributed by atoms with Crippen molar-refractivity contribution in [1.29, 1.82) is 0 Å². The van der Waals surface area contributed by atoms with Crippen LogP contribution in [0.2, 0.25) is 0 Å². The molecule has 0 saturated carbocycles. The van der Waals surface area contributed by atoms with E-state index in [0.29, 0.717) is 36.6 Å². The molecule has 2 N–H and O–H groups in total. The molecule has 0 fully saturated rings. The van der Waals surface area contributed by atoms with Gasteiger partial charge in [-0.05, 0) is 61.7 Å². The summed E-state index contributed by atoms with van der Waals surface area (Å²) in [5, 5.41) is 2.83. The van der Waals surface area contributed by atoms with E-state index >= 15 is 0 Å². The second-order valence-corrected chi connectivity index (χ2v) is 8.69. The number of carbonyl (C=O) groups excluding carboxylic acids is 1. The molecule has 0 aliphatic carbocycles. The van der Waals surface area contributed by atoms with Gasteiger partial charge < -0.3 is 14.8 Å². The second-order valence-electron chi connectivity index (χ2n) is 6.97. The van der Waals surface area contributed by atoms with E-state index in [1.807, 2.05) is 32.0 Å². The number of nitrogens with one attached hydrogen (secondary N) is 2. The Morgan fingerprint density at radius 3 is 2.37 bits per heavy atom. The van der Waals surface area contributed by atoms with Crippen molar-refractivity contribution >= 4 is 15.9 Å². The van der Waals surface area contributed by atoms with Crippen molar-refractivity contribution in [3.8, 4) is 11.5 Å². The maximum atomic E-state index is 12.4. The molecule has 0 aliphatic rings. The van der Waals surface area contributed by atoms with Crippen molar-refractivity contribution < 1.29 is 22.7 Å². The van der Waals surface area contributed by atoms with Crippen LogP contribution in [0.4, 0.5) is 0 Å². The number of rotatable bonds is 11. The third kappa shape index (κ3) is 6.47. The molecule has 164 valence electrons. The minimum atomic E-state index is -3.60. The van der Waals surface area contributed by atoms with Gasteiger partial charge in [0, 0.05) is 18.2 Å². The molecule has 0 saturated heterocycles. The molecule has 1 amide bonds. The third-order valence-corrected chi connectivity index (χ3v) is 6.14. The Labute approximate surface area is 178 Å². The normalized spacial score (nSPS) is 12.3. The molecule has 7 nitrogen and oxygen atoms in total. The first-order chi connectivity index (χ1) is 14.3. The number of ether oxygens (including phenoxy) is 2. The van der Waals surface area contributed by atoms with Crippen molar-refractivity contribution in [2.24, 2.45) is 0 Å². The Kier molecular flexibility index (Phi) is 8.68. The van der Waals surface area contributed by atoms with Gasteiger partial charge in [0.25, 0.3) is 5.91 Å². The number of benzene rings is 2. The predicted octanol–water partition coefficient (Wildman–Crippen LogP) is 3.49. The molecule has 0 spiro atoms. The number of amides is 1. The first-order valence-corrected chi connectivity index (χ1v) is 11.5. The van der Waals surface area contributed by atoms with Gasteiger partial charge >= 0.3 is 0 Å². The Hall–Kier alpha value is -2.58. The van der Waals surface area contributed by atoms with Crippen molar-refractivity contribution in [1.82, 2.24) is 10.0 Å². The van der Waals surface area contributed by atoms with Crippen LogP contribution >= 0.6 is 0 Å². The van der Waals surface area contributed by atoms with Gasteiger partial charge in [-0.1, -0.05) is 19.9 Å². The predicted molar refractivity (Wildman–Crippen MR) is 116 cm³/mol. The molecule has 0 radical (unpaired) electrons. The standard InChI is InChI=1S/C22H30N2O5S/c1-5-13-29-20-12-7-17(14-21(20)28-4)15-23-22(25)18-8-10-19(11-9-18)30(26,27)24-16(3)6-2/h7-12,14,16,24H,5-6,13,15H2,1-4H3,(H,23,25). The van der Waals surface area contributed by atoms with Crippen molar-refractivity contribution in [3.63, 3.8) is 0 Å². The lowest BCUT2D eigenvalue weighted by molar-refractivity contribution is 0.0950. The summed E-state index contributed by atoms with van der Waals surface area (Å²) in [5.74, 6) is 0.981. The molecule has 0 heterocycles. The zero-order valence-corrected chi connectivity index (χ0v) is 18.7. The van der Waals surface area contributed by atoms with Gasteiger partial charge in [-0.25, -0.2) is 13.1 Å². The van der Waals surface area contributed by atoms with E-state index in [2.05, 4.69) is 10.0 Å². The van der Waals surface area contributed by atoms with Gasteiger partial charge in [-0.15, -0.1) is 0 Å². The van der Waals surface area contributed by atoms with Crippen LogP contribution in [0.3, 0.4) is 0 Å². The van der Waals surface area contributed by atoms with Gasteiger partial charge in [-0.2, -0.15) is 0 Å². The molecule has 1 unspecified atom stereocenters. The van der Waals surface area contributed by atoms with Gasteiger partial charge in [0.2, 0.25) is 10.0 Å². The molecule has 0 aliphatic heterocycles. The lowest BCUT2D eigenvalue weighted by Gasteiger charge is -2.13. The molecule has 0 bridgehead atoms. The molecular formula is C22H30N2O5S. The van der Waals surface area contributed by atoms with Crippen LogP contribution in [0.5, 0.6) is 11.5 Å². The monoisotopic (exact) mass is 434 g/mol. The fourth-order valence-electron chi connectivity index (χ4n) is 2.64. The van der Waals surface area contributed by atoms with Crippen LogP contribution in [-0.4, -0.2) is 34.1 Å². The highest BCUT2D eigenvalue weighted by Crippen LogP contribution is 2.28.